The third kappa shape index (κ3) is 4.56. The van der Waals surface area contributed by atoms with Gasteiger partial charge in [-0.25, -0.2) is 4.98 Å². The lowest BCUT2D eigenvalue weighted by atomic mass is 9.87. The summed E-state index contributed by atoms with van der Waals surface area (Å²) in [6.07, 6.45) is 15.1. The van der Waals surface area contributed by atoms with Crippen LogP contribution in [0.3, 0.4) is 0 Å². The third-order valence-electron chi connectivity index (χ3n) is 7.52. The van der Waals surface area contributed by atoms with E-state index in [1.54, 1.807) is 31.1 Å². The molecule has 0 spiro atoms. The van der Waals surface area contributed by atoms with Gasteiger partial charge in [-0.3, -0.25) is 19.9 Å². The number of aromatic amines is 2. The van der Waals surface area contributed by atoms with Crippen LogP contribution in [0, 0.1) is 5.92 Å². The number of anilines is 1. The normalized spacial score (nSPS) is 14.3. The first kappa shape index (κ1) is 23.3. The van der Waals surface area contributed by atoms with Gasteiger partial charge in [0.2, 0.25) is 5.91 Å². The van der Waals surface area contributed by atoms with E-state index in [4.69, 9.17) is 9.40 Å². The van der Waals surface area contributed by atoms with Gasteiger partial charge in [-0.15, -0.1) is 0 Å². The fraction of sp³-hybridized carbons (Fsp3) is 0.233. The molecule has 0 aliphatic heterocycles. The van der Waals surface area contributed by atoms with Crippen LogP contribution in [0.5, 0.6) is 0 Å². The van der Waals surface area contributed by atoms with Crippen LogP contribution in [-0.2, 0) is 4.79 Å². The van der Waals surface area contributed by atoms with Gasteiger partial charge in [0.05, 0.1) is 47.0 Å². The zero-order chi connectivity index (χ0) is 26.2. The number of furan rings is 1. The molecule has 1 saturated carbocycles. The molecule has 1 aliphatic rings. The molecule has 3 N–H and O–H groups in total. The average molecular weight is 518 g/mol. The van der Waals surface area contributed by atoms with Crippen LogP contribution in [0.2, 0.25) is 0 Å². The Balaban J connectivity index is 1.19. The number of H-pyrrole nitrogens is 2. The number of hydrogen-bond donors (Lipinski definition) is 3. The van der Waals surface area contributed by atoms with E-state index in [1.807, 2.05) is 36.4 Å². The van der Waals surface area contributed by atoms with E-state index in [0.29, 0.717) is 23.7 Å². The van der Waals surface area contributed by atoms with Gasteiger partial charge < -0.3 is 14.7 Å². The lowest BCUT2D eigenvalue weighted by Gasteiger charge is -2.20. The molecule has 9 nitrogen and oxygen atoms in total. The molecule has 6 heterocycles. The molecular formula is C30H27N7O2. The minimum atomic E-state index is 0.0458. The van der Waals surface area contributed by atoms with Crippen LogP contribution in [0.1, 0.15) is 38.5 Å². The van der Waals surface area contributed by atoms with Crippen molar-refractivity contribution in [3.05, 3.63) is 67.5 Å². The van der Waals surface area contributed by atoms with Crippen molar-refractivity contribution in [2.75, 3.05) is 5.32 Å². The van der Waals surface area contributed by atoms with Crippen molar-refractivity contribution < 1.29 is 9.21 Å². The van der Waals surface area contributed by atoms with Gasteiger partial charge in [0.15, 0.2) is 0 Å². The second kappa shape index (κ2) is 9.83. The van der Waals surface area contributed by atoms with Gasteiger partial charge in [0.1, 0.15) is 11.2 Å². The fourth-order valence-corrected chi connectivity index (χ4v) is 5.57. The number of aromatic nitrogens is 6. The van der Waals surface area contributed by atoms with Gasteiger partial charge in [0.25, 0.3) is 0 Å². The fourth-order valence-electron chi connectivity index (χ4n) is 5.57. The molecule has 6 aromatic heterocycles. The standard InChI is InChI=1S/C30H27N7O2/c38-27(12-18-4-2-1-3-5-18)33-21-13-20(15-31-16-21)23-6-7-25-29(35-23)30(37-36-25)26-14-22-24(34-26)8-10-32-28(22)19-9-11-39-17-19/h6-11,13-18,34H,1-5,12H2,(H,33,38)(H,36,37). The maximum Gasteiger partial charge on any atom is 0.224 e. The smallest absolute Gasteiger partial charge is 0.224 e. The Hall–Kier alpha value is -4.79. The number of nitrogens with zero attached hydrogens (tertiary/aromatic N) is 4. The monoisotopic (exact) mass is 517 g/mol. The van der Waals surface area contributed by atoms with E-state index in [-0.39, 0.29) is 5.91 Å². The van der Waals surface area contributed by atoms with Crippen molar-refractivity contribution in [3.63, 3.8) is 0 Å². The predicted molar refractivity (Wildman–Crippen MR) is 150 cm³/mol. The number of carbonyl (C=O) groups excluding carboxylic acids is 1. The third-order valence-corrected chi connectivity index (χ3v) is 7.52. The molecule has 0 atom stereocenters. The van der Waals surface area contributed by atoms with Crippen molar-refractivity contribution in [2.45, 2.75) is 38.5 Å². The number of amides is 1. The minimum Gasteiger partial charge on any atom is -0.472 e. The molecule has 0 saturated heterocycles. The lowest BCUT2D eigenvalue weighted by Crippen LogP contribution is -2.18. The Kier molecular flexibility index (Phi) is 5.88. The topological polar surface area (TPSA) is 125 Å². The molecule has 194 valence electrons. The highest BCUT2D eigenvalue weighted by atomic mass is 16.3. The Morgan fingerprint density at radius 1 is 1.00 bits per heavy atom. The average Bonchev–Trinajstić information content (AvgIpc) is 3.73. The minimum absolute atomic E-state index is 0.0458. The Morgan fingerprint density at radius 3 is 2.79 bits per heavy atom. The Labute approximate surface area is 224 Å². The second-order valence-corrected chi connectivity index (χ2v) is 10.2. The van der Waals surface area contributed by atoms with Crippen LogP contribution in [0.15, 0.2) is 71.9 Å². The molecule has 0 radical (unpaired) electrons. The number of carbonyl (C=O) groups is 1. The number of pyridine rings is 3. The highest BCUT2D eigenvalue weighted by Gasteiger charge is 2.18. The first-order chi connectivity index (χ1) is 19.2. The number of hydrogen-bond acceptors (Lipinski definition) is 6. The maximum atomic E-state index is 12.7. The van der Waals surface area contributed by atoms with Gasteiger partial charge in [-0.1, -0.05) is 19.3 Å². The van der Waals surface area contributed by atoms with Crippen molar-refractivity contribution in [1.82, 2.24) is 30.1 Å². The lowest BCUT2D eigenvalue weighted by molar-refractivity contribution is -0.117. The zero-order valence-electron chi connectivity index (χ0n) is 21.3. The molecule has 6 aromatic rings. The van der Waals surface area contributed by atoms with Crippen LogP contribution >= 0.6 is 0 Å². The molecule has 39 heavy (non-hydrogen) atoms. The van der Waals surface area contributed by atoms with Crippen molar-refractivity contribution in [2.24, 2.45) is 5.92 Å². The van der Waals surface area contributed by atoms with E-state index in [0.717, 1.165) is 63.0 Å². The molecule has 0 aromatic carbocycles. The largest absolute Gasteiger partial charge is 0.472 e. The molecule has 1 amide bonds. The maximum absolute atomic E-state index is 12.7. The number of rotatable bonds is 6. The van der Waals surface area contributed by atoms with E-state index in [2.05, 4.69) is 30.5 Å². The summed E-state index contributed by atoms with van der Waals surface area (Å²) in [5, 5.41) is 11.7. The highest BCUT2D eigenvalue weighted by molar-refractivity contribution is 5.99. The SMILES string of the molecule is O=C(CC1CCCCC1)Nc1cncc(-c2ccc3[nH]nc(-c4cc5c(-c6ccoc6)nccc5[nH]4)c3n2)c1. The summed E-state index contributed by atoms with van der Waals surface area (Å²) < 4.78 is 5.27. The quantitative estimate of drug-likeness (QED) is 0.225. The summed E-state index contributed by atoms with van der Waals surface area (Å²) >= 11 is 0. The highest BCUT2D eigenvalue weighted by Crippen LogP contribution is 2.33. The van der Waals surface area contributed by atoms with Gasteiger partial charge in [-0.2, -0.15) is 5.10 Å². The van der Waals surface area contributed by atoms with Crippen LogP contribution < -0.4 is 5.32 Å². The summed E-state index contributed by atoms with van der Waals surface area (Å²) in [7, 11) is 0. The number of nitrogens with one attached hydrogen (secondary N) is 3. The summed E-state index contributed by atoms with van der Waals surface area (Å²) in [4.78, 5) is 30.0. The van der Waals surface area contributed by atoms with Crippen LogP contribution in [0.25, 0.3) is 55.8 Å². The second-order valence-electron chi connectivity index (χ2n) is 10.2. The summed E-state index contributed by atoms with van der Waals surface area (Å²) in [5.74, 6) is 0.527. The van der Waals surface area contributed by atoms with Crippen LogP contribution in [0.4, 0.5) is 5.69 Å². The molecule has 0 unspecified atom stereocenters. The molecule has 1 fully saturated rings. The molecule has 0 bridgehead atoms. The van der Waals surface area contributed by atoms with E-state index < -0.39 is 0 Å². The van der Waals surface area contributed by atoms with E-state index in [9.17, 15) is 4.79 Å². The van der Waals surface area contributed by atoms with Crippen molar-refractivity contribution in [1.29, 1.82) is 0 Å². The summed E-state index contributed by atoms with van der Waals surface area (Å²) in [6, 6.07) is 11.7. The predicted octanol–water partition coefficient (Wildman–Crippen LogP) is 6.73. The van der Waals surface area contributed by atoms with Gasteiger partial charge >= 0.3 is 0 Å². The van der Waals surface area contributed by atoms with Gasteiger partial charge in [-0.05, 0) is 55.2 Å². The molecule has 1 aliphatic carbocycles. The molecular weight excluding hydrogens is 490 g/mol. The van der Waals surface area contributed by atoms with Gasteiger partial charge in [0, 0.05) is 40.8 Å². The van der Waals surface area contributed by atoms with Crippen LogP contribution in [-0.4, -0.2) is 36.0 Å². The Bertz CT molecular complexity index is 1780. The summed E-state index contributed by atoms with van der Waals surface area (Å²) in [5.41, 5.74) is 8.06. The molecule has 9 heteroatoms. The first-order valence-corrected chi connectivity index (χ1v) is 13.3. The van der Waals surface area contributed by atoms with Crippen molar-refractivity contribution in [3.8, 4) is 33.9 Å². The molecule has 7 rings (SSSR count). The number of fused-ring (bicyclic) bond motifs is 2. The van der Waals surface area contributed by atoms with Crippen molar-refractivity contribution >= 4 is 33.5 Å². The van der Waals surface area contributed by atoms with E-state index in [1.165, 1.54) is 19.3 Å². The summed E-state index contributed by atoms with van der Waals surface area (Å²) in [6.45, 7) is 0. The van der Waals surface area contributed by atoms with E-state index >= 15 is 0 Å². The first-order valence-electron chi connectivity index (χ1n) is 13.3. The zero-order valence-corrected chi connectivity index (χ0v) is 21.3. The Morgan fingerprint density at radius 2 is 1.92 bits per heavy atom.